The molecule has 0 aliphatic carbocycles. The number of aliphatic hydroxyl groups is 1. The minimum atomic E-state index is -0.564. The number of carbonyl (C=O) groups excluding carboxylic acids is 2. The lowest BCUT2D eigenvalue weighted by molar-refractivity contribution is -0.114. The lowest BCUT2D eigenvalue weighted by atomic mass is 10.1. The Morgan fingerprint density at radius 3 is 2.41 bits per heavy atom. The van der Waals surface area contributed by atoms with Gasteiger partial charge >= 0.3 is 0 Å². The summed E-state index contributed by atoms with van der Waals surface area (Å²) >= 11 is 0. The van der Waals surface area contributed by atoms with Crippen LogP contribution in [0.3, 0.4) is 0 Å². The van der Waals surface area contributed by atoms with E-state index < -0.39 is 5.78 Å². The summed E-state index contributed by atoms with van der Waals surface area (Å²) in [7, 11) is 0. The first-order chi connectivity index (χ1) is 10.5. The highest BCUT2D eigenvalue weighted by Gasteiger charge is 2.12. The maximum Gasteiger partial charge on any atom is 0.221 e. The Hall–Kier alpha value is -3.08. The SMILES string of the molecule is CC(=O)Nc1ccc(O)c(C(=O)C=C(O)c2ccccc2)c1. The van der Waals surface area contributed by atoms with Crippen LogP contribution in [0.15, 0.2) is 54.6 Å². The normalized spacial score (nSPS) is 11.0. The highest BCUT2D eigenvalue weighted by atomic mass is 16.3. The van der Waals surface area contributed by atoms with Gasteiger partial charge in [-0.25, -0.2) is 0 Å². The van der Waals surface area contributed by atoms with Crippen molar-refractivity contribution in [2.24, 2.45) is 0 Å². The fourth-order valence-corrected chi connectivity index (χ4v) is 1.91. The average Bonchev–Trinajstić information content (AvgIpc) is 2.49. The summed E-state index contributed by atoms with van der Waals surface area (Å²) in [5.41, 5.74) is 0.878. The first-order valence-corrected chi connectivity index (χ1v) is 6.58. The van der Waals surface area contributed by atoms with E-state index in [0.29, 0.717) is 11.3 Å². The Morgan fingerprint density at radius 1 is 1.09 bits per heavy atom. The molecule has 5 nitrogen and oxygen atoms in total. The maximum atomic E-state index is 12.2. The molecule has 112 valence electrons. The lowest BCUT2D eigenvalue weighted by Gasteiger charge is -2.06. The lowest BCUT2D eigenvalue weighted by Crippen LogP contribution is -2.07. The number of rotatable bonds is 4. The Kier molecular flexibility index (Phi) is 4.58. The maximum absolute atomic E-state index is 12.2. The number of phenols is 1. The van der Waals surface area contributed by atoms with Crippen molar-refractivity contribution in [1.29, 1.82) is 0 Å². The third-order valence-electron chi connectivity index (χ3n) is 2.92. The van der Waals surface area contributed by atoms with Crippen molar-refractivity contribution in [3.63, 3.8) is 0 Å². The second-order valence-corrected chi connectivity index (χ2v) is 4.67. The van der Waals surface area contributed by atoms with Gasteiger partial charge in [-0.05, 0) is 18.2 Å². The van der Waals surface area contributed by atoms with Crippen molar-refractivity contribution < 1.29 is 19.8 Å². The number of hydrogen-bond donors (Lipinski definition) is 3. The monoisotopic (exact) mass is 297 g/mol. The second-order valence-electron chi connectivity index (χ2n) is 4.67. The quantitative estimate of drug-likeness (QED) is 0.350. The van der Waals surface area contributed by atoms with Crippen LogP contribution in [0, 0.1) is 0 Å². The fraction of sp³-hybridized carbons (Fsp3) is 0.0588. The number of amides is 1. The zero-order chi connectivity index (χ0) is 16.1. The summed E-state index contributed by atoms with van der Waals surface area (Å²) in [4.78, 5) is 23.2. The minimum Gasteiger partial charge on any atom is -0.507 e. The first kappa shape index (κ1) is 15.3. The van der Waals surface area contributed by atoms with Crippen molar-refractivity contribution in [3.05, 3.63) is 65.7 Å². The standard InChI is InChI=1S/C17H15NO4/c1-11(19)18-13-7-8-15(20)14(9-13)17(22)10-16(21)12-5-3-2-4-6-12/h2-10,20-21H,1H3,(H,18,19). The van der Waals surface area contributed by atoms with E-state index in [1.165, 1.54) is 25.1 Å². The molecule has 5 heteroatoms. The molecule has 0 radical (unpaired) electrons. The Balaban J connectivity index is 2.31. The number of ketones is 1. The van der Waals surface area contributed by atoms with Crippen LogP contribution in [0.25, 0.3) is 5.76 Å². The van der Waals surface area contributed by atoms with Gasteiger partial charge in [-0.15, -0.1) is 0 Å². The summed E-state index contributed by atoms with van der Waals surface area (Å²) < 4.78 is 0. The van der Waals surface area contributed by atoms with Gasteiger partial charge in [0.1, 0.15) is 11.5 Å². The molecule has 2 aromatic rings. The average molecular weight is 297 g/mol. The number of benzene rings is 2. The molecule has 0 saturated carbocycles. The second kappa shape index (κ2) is 6.58. The number of nitrogens with one attached hydrogen (secondary N) is 1. The highest BCUT2D eigenvalue weighted by molar-refractivity contribution is 6.10. The number of aromatic hydroxyl groups is 1. The van der Waals surface area contributed by atoms with Crippen molar-refractivity contribution >= 4 is 23.1 Å². The molecule has 0 aliphatic heterocycles. The van der Waals surface area contributed by atoms with E-state index in [0.717, 1.165) is 6.08 Å². The van der Waals surface area contributed by atoms with E-state index in [1.807, 2.05) is 0 Å². The van der Waals surface area contributed by atoms with E-state index >= 15 is 0 Å². The van der Waals surface area contributed by atoms with E-state index in [1.54, 1.807) is 30.3 Å². The Bertz CT molecular complexity index is 736. The van der Waals surface area contributed by atoms with Gasteiger partial charge in [0.15, 0.2) is 5.78 Å². The molecule has 3 N–H and O–H groups in total. The first-order valence-electron chi connectivity index (χ1n) is 6.58. The predicted molar refractivity (Wildman–Crippen MR) is 83.8 cm³/mol. The van der Waals surface area contributed by atoms with Crippen LogP contribution in [0.2, 0.25) is 0 Å². The number of phenolic OH excluding ortho intramolecular Hbond substituents is 1. The van der Waals surface area contributed by atoms with Gasteiger partial charge in [-0.1, -0.05) is 30.3 Å². The molecule has 1 amide bonds. The topological polar surface area (TPSA) is 86.6 Å². The summed E-state index contributed by atoms with van der Waals surface area (Å²) in [5.74, 6) is -1.27. The number of allylic oxidation sites excluding steroid dienone is 1. The van der Waals surface area contributed by atoms with Crippen molar-refractivity contribution in [3.8, 4) is 5.75 Å². The van der Waals surface area contributed by atoms with E-state index in [4.69, 9.17) is 0 Å². The predicted octanol–water partition coefficient (Wildman–Crippen LogP) is 3.13. The number of aliphatic hydroxyl groups excluding tert-OH is 1. The van der Waals surface area contributed by atoms with E-state index in [2.05, 4.69) is 5.32 Å². The molecule has 22 heavy (non-hydrogen) atoms. The molecule has 0 heterocycles. The summed E-state index contributed by atoms with van der Waals surface area (Å²) in [6, 6.07) is 12.7. The number of anilines is 1. The fourth-order valence-electron chi connectivity index (χ4n) is 1.91. The van der Waals surface area contributed by atoms with Crippen LogP contribution in [0.5, 0.6) is 5.75 Å². The van der Waals surface area contributed by atoms with Gasteiger partial charge in [0.2, 0.25) is 5.91 Å². The molecule has 0 aromatic heterocycles. The summed E-state index contributed by atoms with van der Waals surface area (Å²) in [6.45, 7) is 1.34. The van der Waals surface area contributed by atoms with Crippen molar-refractivity contribution in [2.75, 3.05) is 5.32 Å². The van der Waals surface area contributed by atoms with Crippen LogP contribution < -0.4 is 5.32 Å². The van der Waals surface area contributed by atoms with Crippen LogP contribution in [-0.2, 0) is 4.79 Å². The third-order valence-corrected chi connectivity index (χ3v) is 2.92. The van der Waals surface area contributed by atoms with Gasteiger partial charge in [0, 0.05) is 24.3 Å². The summed E-state index contributed by atoms with van der Waals surface area (Å²) in [6.07, 6.45) is 1.03. The molecule has 0 aliphatic rings. The van der Waals surface area contributed by atoms with Crippen molar-refractivity contribution in [2.45, 2.75) is 6.92 Å². The minimum absolute atomic E-state index is 0.00580. The van der Waals surface area contributed by atoms with E-state index in [-0.39, 0.29) is 23.0 Å². The molecule has 0 atom stereocenters. The molecule has 0 spiro atoms. The molecular formula is C17H15NO4. The largest absolute Gasteiger partial charge is 0.507 e. The number of hydrogen-bond acceptors (Lipinski definition) is 4. The van der Waals surface area contributed by atoms with Crippen LogP contribution >= 0.6 is 0 Å². The van der Waals surface area contributed by atoms with Gasteiger partial charge < -0.3 is 15.5 Å². The molecule has 2 aromatic carbocycles. The molecular weight excluding hydrogens is 282 g/mol. The van der Waals surface area contributed by atoms with Gasteiger partial charge in [-0.3, -0.25) is 9.59 Å². The zero-order valence-corrected chi connectivity index (χ0v) is 11.9. The van der Waals surface area contributed by atoms with E-state index in [9.17, 15) is 19.8 Å². The third kappa shape index (κ3) is 3.73. The molecule has 0 unspecified atom stereocenters. The van der Waals surface area contributed by atoms with Crippen LogP contribution in [0.1, 0.15) is 22.8 Å². The van der Waals surface area contributed by atoms with Gasteiger partial charge in [0.05, 0.1) is 5.56 Å². The summed E-state index contributed by atoms with van der Waals surface area (Å²) in [5, 5.41) is 22.3. The smallest absolute Gasteiger partial charge is 0.221 e. The zero-order valence-electron chi connectivity index (χ0n) is 11.9. The molecule has 0 bridgehead atoms. The Labute approximate surface area is 127 Å². The van der Waals surface area contributed by atoms with Crippen LogP contribution in [0.4, 0.5) is 5.69 Å². The molecule has 0 fully saturated rings. The van der Waals surface area contributed by atoms with Gasteiger partial charge in [-0.2, -0.15) is 0 Å². The molecule has 0 saturated heterocycles. The Morgan fingerprint density at radius 2 is 1.77 bits per heavy atom. The highest BCUT2D eigenvalue weighted by Crippen LogP contribution is 2.23. The van der Waals surface area contributed by atoms with Gasteiger partial charge in [0.25, 0.3) is 0 Å². The number of carbonyl (C=O) groups is 2. The van der Waals surface area contributed by atoms with Crippen LogP contribution in [-0.4, -0.2) is 21.9 Å². The van der Waals surface area contributed by atoms with Crippen molar-refractivity contribution in [1.82, 2.24) is 0 Å². The molecule has 2 rings (SSSR count).